The summed E-state index contributed by atoms with van der Waals surface area (Å²) in [6.07, 6.45) is 2.22. The van der Waals surface area contributed by atoms with Gasteiger partial charge in [-0.15, -0.1) is 0 Å². The first kappa shape index (κ1) is 20.9. The van der Waals surface area contributed by atoms with Crippen molar-refractivity contribution in [3.63, 3.8) is 0 Å². The molecule has 1 aliphatic carbocycles. The molecule has 0 atom stereocenters. The van der Waals surface area contributed by atoms with Gasteiger partial charge < -0.3 is 14.8 Å². The number of hydrogen-bond acceptors (Lipinski definition) is 4. The van der Waals surface area contributed by atoms with Crippen LogP contribution in [0.1, 0.15) is 18.4 Å². The van der Waals surface area contributed by atoms with E-state index in [0.29, 0.717) is 19.1 Å². The molecule has 1 amide bonds. The molecule has 0 bridgehead atoms. The molecule has 5 heteroatoms. The van der Waals surface area contributed by atoms with Gasteiger partial charge in [-0.05, 0) is 42.7 Å². The Labute approximate surface area is 183 Å². The summed E-state index contributed by atoms with van der Waals surface area (Å²) < 4.78 is 10.9. The van der Waals surface area contributed by atoms with Crippen LogP contribution in [0.25, 0.3) is 11.1 Å². The summed E-state index contributed by atoms with van der Waals surface area (Å²) >= 11 is 0. The van der Waals surface area contributed by atoms with Crippen LogP contribution in [0.2, 0.25) is 0 Å². The molecule has 5 nitrogen and oxygen atoms in total. The van der Waals surface area contributed by atoms with Gasteiger partial charge in [0, 0.05) is 29.4 Å². The lowest BCUT2D eigenvalue weighted by Gasteiger charge is -2.23. The Morgan fingerprint density at radius 2 is 1.71 bits per heavy atom. The quantitative estimate of drug-likeness (QED) is 0.535. The molecule has 4 rings (SSSR count). The lowest BCUT2D eigenvalue weighted by Crippen LogP contribution is -2.34. The first-order chi connectivity index (χ1) is 15.2. The van der Waals surface area contributed by atoms with Gasteiger partial charge in [0.05, 0.1) is 20.8 Å². The number of methoxy groups -OCH3 is 2. The highest BCUT2D eigenvalue weighted by atomic mass is 16.5. The van der Waals surface area contributed by atoms with E-state index >= 15 is 0 Å². The van der Waals surface area contributed by atoms with Gasteiger partial charge in [0.2, 0.25) is 5.91 Å². The first-order valence-corrected chi connectivity index (χ1v) is 10.6. The van der Waals surface area contributed by atoms with Crippen LogP contribution in [0.4, 0.5) is 5.69 Å². The molecule has 1 N–H and O–H groups in total. The normalized spacial score (nSPS) is 13.1. The highest BCUT2D eigenvalue weighted by Crippen LogP contribution is 2.32. The van der Waals surface area contributed by atoms with E-state index in [9.17, 15) is 4.79 Å². The summed E-state index contributed by atoms with van der Waals surface area (Å²) in [5.74, 6) is 1.58. The minimum Gasteiger partial charge on any atom is -0.497 e. The molecule has 3 aromatic rings. The van der Waals surface area contributed by atoms with E-state index in [1.165, 1.54) is 0 Å². The Bertz CT molecular complexity index is 1030. The minimum absolute atomic E-state index is 0.0165. The van der Waals surface area contributed by atoms with Gasteiger partial charge in [-0.1, -0.05) is 48.5 Å². The van der Waals surface area contributed by atoms with Crippen molar-refractivity contribution in [1.29, 1.82) is 0 Å². The molecule has 0 saturated heterocycles. The van der Waals surface area contributed by atoms with Gasteiger partial charge in [-0.25, -0.2) is 0 Å². The molecular weight excluding hydrogens is 388 g/mol. The fourth-order valence-electron chi connectivity index (χ4n) is 3.81. The molecule has 1 aliphatic rings. The molecule has 1 saturated carbocycles. The van der Waals surface area contributed by atoms with E-state index < -0.39 is 0 Å². The van der Waals surface area contributed by atoms with E-state index in [0.717, 1.165) is 46.7 Å². The number of ether oxygens (including phenoxy) is 2. The summed E-state index contributed by atoms with van der Waals surface area (Å²) in [7, 11) is 3.32. The maximum atomic E-state index is 13.0. The third-order valence-corrected chi connectivity index (χ3v) is 5.56. The minimum atomic E-state index is -0.0165. The van der Waals surface area contributed by atoms with Crippen LogP contribution >= 0.6 is 0 Å². The Kier molecular flexibility index (Phi) is 6.53. The predicted molar refractivity (Wildman–Crippen MR) is 123 cm³/mol. The summed E-state index contributed by atoms with van der Waals surface area (Å²) in [6.45, 7) is 0.965. The number of para-hydroxylation sites is 1. The zero-order valence-corrected chi connectivity index (χ0v) is 18.0. The van der Waals surface area contributed by atoms with Crippen LogP contribution in [0.15, 0.2) is 72.8 Å². The van der Waals surface area contributed by atoms with E-state index in [2.05, 4.69) is 22.3 Å². The second-order valence-electron chi connectivity index (χ2n) is 7.77. The van der Waals surface area contributed by atoms with Crippen LogP contribution < -0.4 is 14.8 Å². The summed E-state index contributed by atoms with van der Waals surface area (Å²) in [6, 6.07) is 24.2. The van der Waals surface area contributed by atoms with Crippen molar-refractivity contribution in [3.05, 3.63) is 78.4 Å². The van der Waals surface area contributed by atoms with Crippen LogP contribution in [0, 0.1) is 0 Å². The Morgan fingerprint density at radius 3 is 2.42 bits per heavy atom. The van der Waals surface area contributed by atoms with E-state index in [1.54, 1.807) is 14.2 Å². The number of amides is 1. The molecule has 31 heavy (non-hydrogen) atoms. The number of rotatable bonds is 9. The topological polar surface area (TPSA) is 50.8 Å². The average molecular weight is 417 g/mol. The van der Waals surface area contributed by atoms with Gasteiger partial charge in [0.25, 0.3) is 0 Å². The summed E-state index contributed by atoms with van der Waals surface area (Å²) in [5.41, 5.74) is 3.95. The number of anilines is 1. The fourth-order valence-corrected chi connectivity index (χ4v) is 3.81. The summed E-state index contributed by atoms with van der Waals surface area (Å²) in [4.78, 5) is 15.2. The molecule has 0 aromatic heterocycles. The molecule has 1 fully saturated rings. The third-order valence-electron chi connectivity index (χ3n) is 5.56. The monoisotopic (exact) mass is 416 g/mol. The molecule has 0 spiro atoms. The number of hydrogen-bond donors (Lipinski definition) is 1. The maximum Gasteiger partial charge on any atom is 0.238 e. The van der Waals surface area contributed by atoms with Crippen molar-refractivity contribution in [3.8, 4) is 22.6 Å². The number of nitrogens with one attached hydrogen (secondary N) is 1. The lowest BCUT2D eigenvalue weighted by molar-refractivity contribution is -0.117. The number of carbonyl (C=O) groups excluding carboxylic acids is 1. The Hall–Kier alpha value is -3.31. The van der Waals surface area contributed by atoms with E-state index in [1.807, 2.05) is 60.7 Å². The molecule has 0 heterocycles. The molecule has 160 valence electrons. The summed E-state index contributed by atoms with van der Waals surface area (Å²) in [5, 5.41) is 3.12. The van der Waals surface area contributed by atoms with E-state index in [4.69, 9.17) is 9.47 Å². The van der Waals surface area contributed by atoms with Crippen molar-refractivity contribution < 1.29 is 14.3 Å². The van der Waals surface area contributed by atoms with Crippen molar-refractivity contribution in [1.82, 2.24) is 4.90 Å². The Balaban J connectivity index is 1.49. The van der Waals surface area contributed by atoms with Gasteiger partial charge in [-0.2, -0.15) is 0 Å². The number of nitrogens with zero attached hydrogens (tertiary/aromatic N) is 1. The van der Waals surface area contributed by atoms with Crippen molar-refractivity contribution in [2.45, 2.75) is 25.4 Å². The second kappa shape index (κ2) is 9.67. The SMILES string of the molecule is COc1ccc(OC)c(CN(CC(=O)Nc2ccccc2-c2ccccc2)C2CC2)c1. The highest BCUT2D eigenvalue weighted by molar-refractivity contribution is 5.96. The predicted octanol–water partition coefficient (Wildman–Crippen LogP) is 4.97. The highest BCUT2D eigenvalue weighted by Gasteiger charge is 2.31. The molecule has 3 aromatic carbocycles. The lowest BCUT2D eigenvalue weighted by atomic mass is 10.0. The molecular formula is C26H28N2O3. The van der Waals surface area contributed by atoms with E-state index in [-0.39, 0.29) is 5.91 Å². The third kappa shape index (κ3) is 5.25. The van der Waals surface area contributed by atoms with Crippen LogP contribution in [0.3, 0.4) is 0 Å². The molecule has 0 unspecified atom stereocenters. The standard InChI is InChI=1S/C26H28N2O3/c1-30-22-14-15-25(31-2)20(16-22)17-28(21-12-13-21)18-26(29)27-24-11-7-6-10-23(24)19-8-4-3-5-9-19/h3-11,14-16,21H,12-13,17-18H2,1-2H3,(H,27,29). The zero-order chi connectivity index (χ0) is 21.6. The average Bonchev–Trinajstić information content (AvgIpc) is 3.65. The Morgan fingerprint density at radius 1 is 0.968 bits per heavy atom. The molecule has 0 radical (unpaired) electrons. The number of benzene rings is 3. The van der Waals surface area contributed by atoms with Crippen LogP contribution in [-0.4, -0.2) is 37.6 Å². The van der Waals surface area contributed by atoms with Crippen molar-refractivity contribution >= 4 is 11.6 Å². The van der Waals surface area contributed by atoms with Crippen LogP contribution in [-0.2, 0) is 11.3 Å². The maximum absolute atomic E-state index is 13.0. The van der Waals surface area contributed by atoms with Gasteiger partial charge >= 0.3 is 0 Å². The smallest absolute Gasteiger partial charge is 0.238 e. The van der Waals surface area contributed by atoms with Gasteiger partial charge in [-0.3, -0.25) is 9.69 Å². The fraction of sp³-hybridized carbons (Fsp3) is 0.269. The first-order valence-electron chi connectivity index (χ1n) is 10.6. The van der Waals surface area contributed by atoms with Crippen molar-refractivity contribution in [2.24, 2.45) is 0 Å². The zero-order valence-electron chi connectivity index (χ0n) is 18.0. The van der Waals surface area contributed by atoms with Gasteiger partial charge in [0.15, 0.2) is 0 Å². The van der Waals surface area contributed by atoms with Gasteiger partial charge in [0.1, 0.15) is 11.5 Å². The molecule has 0 aliphatic heterocycles. The van der Waals surface area contributed by atoms with Crippen LogP contribution in [0.5, 0.6) is 11.5 Å². The largest absolute Gasteiger partial charge is 0.497 e. The second-order valence-corrected chi connectivity index (χ2v) is 7.77. The number of carbonyl (C=O) groups is 1. The van der Waals surface area contributed by atoms with Crippen molar-refractivity contribution in [2.75, 3.05) is 26.1 Å².